The Hall–Kier alpha value is -2.30. The molecule has 0 bridgehead atoms. The summed E-state index contributed by atoms with van der Waals surface area (Å²) in [7, 11) is 0. The van der Waals surface area contributed by atoms with Gasteiger partial charge in [0.05, 0.1) is 6.04 Å². The molecule has 3 rings (SSSR count). The number of carbonyl (C=O) groups is 3. The molecule has 0 unspecified atom stereocenters. The number of allylic oxidation sites excluding steroid dienone is 1. The van der Waals surface area contributed by atoms with E-state index in [0.29, 0.717) is 12.3 Å². The van der Waals surface area contributed by atoms with Crippen molar-refractivity contribution in [3.05, 3.63) is 11.5 Å². The molecule has 1 amide bonds. The minimum atomic E-state index is -5.08. The highest BCUT2D eigenvalue weighted by Crippen LogP contribution is 2.38. The van der Waals surface area contributed by atoms with Gasteiger partial charge in [0.1, 0.15) is 17.9 Å². The molecule has 0 aromatic carbocycles. The first kappa shape index (κ1) is 16.1. The van der Waals surface area contributed by atoms with Crippen LogP contribution in [-0.2, 0) is 19.1 Å². The highest BCUT2D eigenvalue weighted by atomic mass is 19.4. The summed E-state index contributed by atoms with van der Waals surface area (Å²) in [6, 6.07) is -0.384. The van der Waals surface area contributed by atoms with E-state index in [1.165, 1.54) is 4.90 Å². The third-order valence-corrected chi connectivity index (χ3v) is 3.41. The maximum Gasteiger partial charge on any atom is 0.490 e. The number of carbonyl (C=O) groups excluding carboxylic acids is 1. The molecule has 2 saturated heterocycles. The first-order chi connectivity index (χ1) is 10.1. The van der Waals surface area contributed by atoms with Gasteiger partial charge in [-0.05, 0) is 6.92 Å². The molecule has 122 valence electrons. The Balaban J connectivity index is 0.000000217. The van der Waals surface area contributed by atoms with Gasteiger partial charge >= 0.3 is 18.1 Å². The average Bonchev–Trinajstić information content (AvgIpc) is 2.76. The van der Waals surface area contributed by atoms with Crippen molar-refractivity contribution in [2.45, 2.75) is 31.3 Å². The van der Waals surface area contributed by atoms with Crippen molar-refractivity contribution in [2.24, 2.45) is 0 Å². The van der Waals surface area contributed by atoms with Crippen molar-refractivity contribution in [3.63, 3.8) is 0 Å². The fourth-order valence-corrected chi connectivity index (χ4v) is 2.54. The van der Waals surface area contributed by atoms with Crippen LogP contribution in [0.15, 0.2) is 11.5 Å². The summed E-state index contributed by atoms with van der Waals surface area (Å²) in [5.74, 6) is -3.71. The van der Waals surface area contributed by atoms with Gasteiger partial charge in [-0.25, -0.2) is 9.59 Å². The molecule has 2 fully saturated rings. The summed E-state index contributed by atoms with van der Waals surface area (Å²) in [5, 5.41) is 19.1. The van der Waals surface area contributed by atoms with Crippen LogP contribution in [0.1, 0.15) is 6.92 Å². The number of ether oxygens (including phenoxy) is 1. The van der Waals surface area contributed by atoms with Gasteiger partial charge in [0.2, 0.25) is 5.91 Å². The van der Waals surface area contributed by atoms with Crippen LogP contribution in [0.4, 0.5) is 13.2 Å². The number of carboxylic acid groups (broad SMARTS) is 2. The molecule has 3 aliphatic rings. The van der Waals surface area contributed by atoms with Gasteiger partial charge in [-0.15, -0.1) is 0 Å². The molecule has 0 aliphatic carbocycles. The number of hydrogen-bond acceptors (Lipinski definition) is 5. The van der Waals surface area contributed by atoms with Crippen molar-refractivity contribution in [3.8, 4) is 0 Å². The van der Waals surface area contributed by atoms with Gasteiger partial charge in [-0.3, -0.25) is 9.69 Å². The molecule has 22 heavy (non-hydrogen) atoms. The Morgan fingerprint density at radius 1 is 1.36 bits per heavy atom. The lowest BCUT2D eigenvalue weighted by atomic mass is 9.92. The first-order valence-electron chi connectivity index (χ1n) is 6.03. The number of hydrogen-bond donors (Lipinski definition) is 3. The molecule has 3 N–H and O–H groups in total. The van der Waals surface area contributed by atoms with Crippen molar-refractivity contribution in [1.82, 2.24) is 10.2 Å². The van der Waals surface area contributed by atoms with Crippen LogP contribution in [-0.4, -0.2) is 63.9 Å². The number of β-lactam (4-membered cyclic amide) rings is 1. The molecular formula is C11H11F3N2O6. The SMILES string of the molecule is CC1=C(C(=O)O)N2C(=O)[C@H]3NC[C@@H](O1)[C@@H]32.O=C(O)C(F)(F)F. The predicted octanol–water partition coefficient (Wildman–Crippen LogP) is -0.483. The average molecular weight is 324 g/mol. The molecule has 8 nitrogen and oxygen atoms in total. The zero-order chi connectivity index (χ0) is 16.8. The summed E-state index contributed by atoms with van der Waals surface area (Å²) < 4.78 is 37.2. The lowest BCUT2D eigenvalue weighted by Gasteiger charge is -2.47. The number of carboxylic acids is 2. The van der Waals surface area contributed by atoms with E-state index < -0.39 is 18.1 Å². The molecule has 0 aromatic rings. The Kier molecular flexibility index (Phi) is 3.77. The Morgan fingerprint density at radius 3 is 2.36 bits per heavy atom. The van der Waals surface area contributed by atoms with E-state index in [4.69, 9.17) is 19.7 Å². The number of nitrogens with one attached hydrogen (secondary N) is 1. The molecule has 0 aromatic heterocycles. The molecule has 3 atom stereocenters. The predicted molar refractivity (Wildman–Crippen MR) is 61.3 cm³/mol. The van der Waals surface area contributed by atoms with Crippen LogP contribution in [0.5, 0.6) is 0 Å². The van der Waals surface area contributed by atoms with Crippen molar-refractivity contribution < 1.29 is 42.5 Å². The zero-order valence-electron chi connectivity index (χ0n) is 11.0. The second kappa shape index (κ2) is 5.16. The minimum Gasteiger partial charge on any atom is -0.489 e. The van der Waals surface area contributed by atoms with Crippen LogP contribution in [0.2, 0.25) is 0 Å². The Morgan fingerprint density at radius 2 is 1.91 bits per heavy atom. The monoisotopic (exact) mass is 324 g/mol. The van der Waals surface area contributed by atoms with E-state index in [0.717, 1.165) is 0 Å². The number of aliphatic carboxylic acids is 2. The standard InChI is InChI=1S/C9H10N2O4.C2HF3O2/c1-3-6(9(13)14)11-7-4(15-3)2-10-5(7)8(11)12;3-2(4,5)1(6)7/h4-5,7,10H,2H2,1H3,(H,13,14);(H,6,7)/t4-,5+,7+;/m1./s1. The third-order valence-electron chi connectivity index (χ3n) is 3.41. The van der Waals surface area contributed by atoms with E-state index in [9.17, 15) is 22.8 Å². The van der Waals surface area contributed by atoms with Crippen molar-refractivity contribution in [1.29, 1.82) is 0 Å². The Bertz CT molecular complexity index is 573. The summed E-state index contributed by atoms with van der Waals surface area (Å²) in [4.78, 5) is 32.8. The number of rotatable bonds is 1. The fraction of sp³-hybridized carbons (Fsp3) is 0.545. The lowest BCUT2D eigenvalue weighted by molar-refractivity contribution is -0.192. The van der Waals surface area contributed by atoms with E-state index in [2.05, 4.69) is 5.32 Å². The largest absolute Gasteiger partial charge is 0.490 e. The number of nitrogens with zero attached hydrogens (tertiary/aromatic N) is 1. The number of halogens is 3. The van der Waals surface area contributed by atoms with Crippen molar-refractivity contribution in [2.75, 3.05) is 6.54 Å². The highest BCUT2D eigenvalue weighted by molar-refractivity contribution is 6.00. The summed E-state index contributed by atoms with van der Waals surface area (Å²) >= 11 is 0. The molecule has 11 heteroatoms. The van der Waals surface area contributed by atoms with Gasteiger partial charge in [0, 0.05) is 6.54 Å². The first-order valence-corrected chi connectivity index (χ1v) is 6.03. The molecule has 3 aliphatic heterocycles. The second-order valence-electron chi connectivity index (χ2n) is 4.75. The second-order valence-corrected chi connectivity index (χ2v) is 4.75. The van der Waals surface area contributed by atoms with Gasteiger partial charge < -0.3 is 20.3 Å². The topological polar surface area (TPSA) is 116 Å². The molecular weight excluding hydrogens is 313 g/mol. The Labute approximate surface area is 121 Å². The van der Waals surface area contributed by atoms with E-state index >= 15 is 0 Å². The lowest BCUT2D eigenvalue weighted by Crippen LogP contribution is -2.69. The minimum absolute atomic E-state index is 0.0128. The van der Waals surface area contributed by atoms with Crippen LogP contribution in [0.25, 0.3) is 0 Å². The summed E-state index contributed by atoms with van der Waals surface area (Å²) in [5.41, 5.74) is -0.0128. The fourth-order valence-electron chi connectivity index (χ4n) is 2.54. The smallest absolute Gasteiger partial charge is 0.489 e. The number of amides is 1. The highest BCUT2D eigenvalue weighted by Gasteiger charge is 2.60. The third kappa shape index (κ3) is 2.47. The van der Waals surface area contributed by atoms with E-state index in [1.807, 2.05) is 0 Å². The van der Waals surface area contributed by atoms with E-state index in [1.54, 1.807) is 6.92 Å². The normalized spacial score (nSPS) is 29.0. The van der Waals surface area contributed by atoms with Gasteiger partial charge in [0.25, 0.3) is 0 Å². The maximum absolute atomic E-state index is 11.6. The summed E-state index contributed by atoms with van der Waals surface area (Å²) in [6.07, 6.45) is -5.18. The van der Waals surface area contributed by atoms with Gasteiger partial charge in [0.15, 0.2) is 5.70 Å². The van der Waals surface area contributed by atoms with Gasteiger partial charge in [-0.1, -0.05) is 0 Å². The van der Waals surface area contributed by atoms with Crippen LogP contribution < -0.4 is 5.32 Å². The maximum atomic E-state index is 11.6. The van der Waals surface area contributed by atoms with Crippen LogP contribution >= 0.6 is 0 Å². The molecule has 0 radical (unpaired) electrons. The van der Waals surface area contributed by atoms with E-state index in [-0.39, 0.29) is 29.8 Å². The van der Waals surface area contributed by atoms with Crippen molar-refractivity contribution >= 4 is 17.8 Å². The molecule has 0 spiro atoms. The molecule has 0 saturated carbocycles. The van der Waals surface area contributed by atoms with Crippen LogP contribution in [0.3, 0.4) is 0 Å². The number of alkyl halides is 3. The zero-order valence-corrected chi connectivity index (χ0v) is 11.0. The molecule has 3 heterocycles. The quantitative estimate of drug-likeness (QED) is 0.558. The van der Waals surface area contributed by atoms with Crippen LogP contribution in [0, 0.1) is 0 Å². The van der Waals surface area contributed by atoms with Gasteiger partial charge in [-0.2, -0.15) is 13.2 Å². The summed E-state index contributed by atoms with van der Waals surface area (Å²) in [6.45, 7) is 2.18.